The van der Waals surface area contributed by atoms with Crippen LogP contribution in [-0.2, 0) is 6.42 Å². The molecule has 2 aromatic carbocycles. The molecule has 1 aliphatic carbocycles. The van der Waals surface area contributed by atoms with E-state index in [4.69, 9.17) is 5.26 Å². The smallest absolute Gasteiger partial charge is 0.269 e. The van der Waals surface area contributed by atoms with Gasteiger partial charge in [0.25, 0.3) is 5.69 Å². The third-order valence-corrected chi connectivity index (χ3v) is 4.88. The van der Waals surface area contributed by atoms with E-state index in [-0.39, 0.29) is 11.6 Å². The van der Waals surface area contributed by atoms with Crippen LogP contribution in [0.5, 0.6) is 0 Å². The summed E-state index contributed by atoms with van der Waals surface area (Å²) in [5.41, 5.74) is 1.68. The van der Waals surface area contributed by atoms with Gasteiger partial charge in [0.15, 0.2) is 6.19 Å². The molecule has 0 saturated carbocycles. The van der Waals surface area contributed by atoms with Crippen molar-refractivity contribution in [2.75, 3.05) is 5.32 Å². The lowest BCUT2D eigenvalue weighted by Gasteiger charge is -2.40. The Morgan fingerprint density at radius 2 is 2.04 bits per heavy atom. The number of aliphatic hydroxyl groups is 1. The van der Waals surface area contributed by atoms with Crippen LogP contribution in [0.1, 0.15) is 31.0 Å². The summed E-state index contributed by atoms with van der Waals surface area (Å²) >= 11 is 0. The number of nitrogens with zero attached hydrogens (tertiary/aromatic N) is 3. The first kappa shape index (κ1) is 19.3. The fourth-order valence-corrected chi connectivity index (χ4v) is 3.43. The molecule has 8 heteroatoms. The Labute approximate surface area is 162 Å². The Hall–Kier alpha value is -3.44. The average Bonchev–Trinajstić information content (AvgIpc) is 2.65. The predicted octanol–water partition coefficient (Wildman–Crippen LogP) is 3.12. The number of anilines is 1. The van der Waals surface area contributed by atoms with Crippen molar-refractivity contribution >= 4 is 17.3 Å². The van der Waals surface area contributed by atoms with Crippen LogP contribution in [0.3, 0.4) is 0 Å². The molecule has 0 radical (unpaired) electrons. The first-order chi connectivity index (χ1) is 13.3. The van der Waals surface area contributed by atoms with Gasteiger partial charge in [-0.05, 0) is 41.2 Å². The lowest BCUT2D eigenvalue weighted by Crippen LogP contribution is -2.41. The monoisotopic (exact) mass is 379 g/mol. The summed E-state index contributed by atoms with van der Waals surface area (Å²) < 4.78 is 0. The van der Waals surface area contributed by atoms with Gasteiger partial charge in [0.1, 0.15) is 6.04 Å². The van der Waals surface area contributed by atoms with E-state index in [1.165, 1.54) is 12.1 Å². The Bertz CT molecular complexity index is 950. The fourth-order valence-electron chi connectivity index (χ4n) is 3.43. The molecule has 0 spiro atoms. The molecule has 0 bridgehead atoms. The van der Waals surface area contributed by atoms with Crippen LogP contribution in [0.15, 0.2) is 53.5 Å². The number of aliphatic hydroxyl groups excluding tert-OH is 1. The highest BCUT2D eigenvalue weighted by atomic mass is 16.6. The summed E-state index contributed by atoms with van der Waals surface area (Å²) in [7, 11) is 0. The van der Waals surface area contributed by atoms with E-state index >= 15 is 0 Å². The van der Waals surface area contributed by atoms with Crippen LogP contribution < -0.4 is 10.6 Å². The summed E-state index contributed by atoms with van der Waals surface area (Å²) in [6, 6.07) is 13.1. The van der Waals surface area contributed by atoms with Gasteiger partial charge in [-0.15, -0.1) is 0 Å². The molecule has 0 aliphatic heterocycles. The normalized spacial score (nSPS) is 20.6. The number of guanidine groups is 1. The Morgan fingerprint density at radius 1 is 1.32 bits per heavy atom. The van der Waals surface area contributed by atoms with Gasteiger partial charge in [0, 0.05) is 17.8 Å². The van der Waals surface area contributed by atoms with Crippen molar-refractivity contribution in [1.82, 2.24) is 5.32 Å². The number of non-ortho nitro benzene ring substituents is 1. The first-order valence-electron chi connectivity index (χ1n) is 8.82. The Kier molecular flexibility index (Phi) is 5.29. The van der Waals surface area contributed by atoms with Crippen LogP contribution >= 0.6 is 0 Å². The summed E-state index contributed by atoms with van der Waals surface area (Å²) in [4.78, 5) is 15.3. The van der Waals surface area contributed by atoms with E-state index < -0.39 is 22.5 Å². The van der Waals surface area contributed by atoms with Crippen molar-refractivity contribution < 1.29 is 10.0 Å². The van der Waals surface area contributed by atoms with Gasteiger partial charge in [-0.25, -0.2) is 4.99 Å². The molecule has 28 heavy (non-hydrogen) atoms. The van der Waals surface area contributed by atoms with Crippen LogP contribution in [0.2, 0.25) is 0 Å². The van der Waals surface area contributed by atoms with Crippen molar-refractivity contribution in [3.8, 4) is 6.19 Å². The van der Waals surface area contributed by atoms with Crippen LogP contribution in [0.4, 0.5) is 11.4 Å². The van der Waals surface area contributed by atoms with Gasteiger partial charge in [0.05, 0.1) is 11.0 Å². The molecular formula is C20H21N5O3. The highest BCUT2D eigenvalue weighted by Gasteiger charge is 2.41. The quantitative estimate of drug-likeness (QED) is 0.188. The van der Waals surface area contributed by atoms with Gasteiger partial charge in [-0.3, -0.25) is 15.4 Å². The summed E-state index contributed by atoms with van der Waals surface area (Å²) in [5.74, 6) is 0.194. The minimum atomic E-state index is -0.825. The highest BCUT2D eigenvalue weighted by molar-refractivity contribution is 5.94. The molecule has 0 amide bonds. The molecule has 0 aromatic heterocycles. The molecule has 8 nitrogen and oxygen atoms in total. The molecule has 3 rings (SSSR count). The zero-order chi connectivity index (χ0) is 20.3. The average molecular weight is 379 g/mol. The highest BCUT2D eigenvalue weighted by Crippen LogP contribution is 2.44. The van der Waals surface area contributed by atoms with Crippen molar-refractivity contribution in [1.29, 1.82) is 5.26 Å². The summed E-state index contributed by atoms with van der Waals surface area (Å²) in [5, 5.41) is 36.7. The van der Waals surface area contributed by atoms with Crippen molar-refractivity contribution in [2.45, 2.75) is 32.4 Å². The third kappa shape index (κ3) is 3.94. The number of para-hydroxylation sites is 1. The van der Waals surface area contributed by atoms with E-state index in [0.717, 1.165) is 11.3 Å². The zero-order valence-electron chi connectivity index (χ0n) is 15.6. The molecule has 1 aliphatic rings. The van der Waals surface area contributed by atoms with Crippen molar-refractivity contribution in [2.24, 2.45) is 10.4 Å². The molecule has 0 saturated heterocycles. The number of hydrogen-bond acceptors (Lipinski definition) is 5. The Balaban J connectivity index is 2.04. The molecule has 0 unspecified atom stereocenters. The number of hydrogen-bond donors (Lipinski definition) is 3. The number of nitrogens with one attached hydrogen (secondary N) is 2. The molecule has 3 N–H and O–H groups in total. The van der Waals surface area contributed by atoms with Gasteiger partial charge in [-0.2, -0.15) is 5.26 Å². The van der Waals surface area contributed by atoms with Gasteiger partial charge in [0.2, 0.25) is 5.96 Å². The van der Waals surface area contributed by atoms with E-state index in [2.05, 4.69) is 15.6 Å². The topological polar surface area (TPSA) is 124 Å². The molecule has 144 valence electrons. The maximum atomic E-state index is 11.1. The second kappa shape index (κ2) is 7.66. The minimum absolute atomic E-state index is 0.00598. The number of benzene rings is 2. The second-order valence-corrected chi connectivity index (χ2v) is 7.40. The molecular weight excluding hydrogens is 358 g/mol. The molecule has 2 aromatic rings. The van der Waals surface area contributed by atoms with Crippen molar-refractivity contribution in [3.05, 3.63) is 69.8 Å². The van der Waals surface area contributed by atoms with Gasteiger partial charge < -0.3 is 10.4 Å². The lowest BCUT2D eigenvalue weighted by molar-refractivity contribution is -0.385. The number of nitro groups is 1. The number of rotatable bonds is 3. The second-order valence-electron chi connectivity index (χ2n) is 7.40. The van der Waals surface area contributed by atoms with E-state index in [1.807, 2.05) is 50.4 Å². The Morgan fingerprint density at radius 3 is 2.68 bits per heavy atom. The maximum absolute atomic E-state index is 11.1. The number of aliphatic imine (C=N–C) groups is 1. The number of nitriles is 1. The molecule has 0 fully saturated rings. The standard InChI is InChI=1S/C20H21N5O3/c1-20(2)11-13-10-15(25(27)28)8-9-16(13)17(18(20)26)24-19(22-12-21)23-14-6-4-3-5-7-14/h3-10,17-18,26H,11H2,1-2H3,(H2,22,23,24)/t17-,18+/m0/s1. The summed E-state index contributed by atoms with van der Waals surface area (Å²) in [6.07, 6.45) is 1.51. The predicted molar refractivity (Wildman–Crippen MR) is 106 cm³/mol. The van der Waals surface area contributed by atoms with Gasteiger partial charge >= 0.3 is 0 Å². The molecule has 0 heterocycles. The van der Waals surface area contributed by atoms with Crippen molar-refractivity contribution in [3.63, 3.8) is 0 Å². The zero-order valence-corrected chi connectivity index (χ0v) is 15.6. The largest absolute Gasteiger partial charge is 0.390 e. The SMILES string of the molecule is CC1(C)Cc2cc([N+](=O)[O-])ccc2[C@H](N=C(NC#N)Nc2ccccc2)[C@H]1O. The first-order valence-corrected chi connectivity index (χ1v) is 8.82. The minimum Gasteiger partial charge on any atom is -0.390 e. The fraction of sp³-hybridized carbons (Fsp3) is 0.300. The number of nitro benzene ring substituents is 1. The third-order valence-electron chi connectivity index (χ3n) is 4.88. The lowest BCUT2D eigenvalue weighted by atomic mass is 9.70. The van der Waals surface area contributed by atoms with E-state index in [1.54, 1.807) is 6.07 Å². The van der Waals surface area contributed by atoms with E-state index in [0.29, 0.717) is 12.0 Å². The van der Waals surface area contributed by atoms with Crippen LogP contribution in [0.25, 0.3) is 0 Å². The maximum Gasteiger partial charge on any atom is 0.269 e. The number of fused-ring (bicyclic) bond motifs is 1. The summed E-state index contributed by atoms with van der Waals surface area (Å²) in [6.45, 7) is 3.79. The van der Waals surface area contributed by atoms with Crippen LogP contribution in [-0.4, -0.2) is 22.1 Å². The molecule has 2 atom stereocenters. The van der Waals surface area contributed by atoms with Crippen LogP contribution in [0, 0.1) is 27.0 Å². The van der Waals surface area contributed by atoms with E-state index in [9.17, 15) is 15.2 Å². The van der Waals surface area contributed by atoms with Gasteiger partial charge in [-0.1, -0.05) is 32.0 Å².